The molecule has 0 aromatic heterocycles. The summed E-state index contributed by atoms with van der Waals surface area (Å²) in [6, 6.07) is 5.48. The molecule has 0 spiro atoms. The van der Waals surface area contributed by atoms with Crippen molar-refractivity contribution in [1.29, 1.82) is 0 Å². The van der Waals surface area contributed by atoms with E-state index < -0.39 is 5.25 Å². The molecule has 1 aliphatic heterocycles. The standard InChI is InChI=1S/C16H20ClN3O2S/c1-4-10(3)18-16-20-15(22)13(23-16)8-14(21)19-11-6-5-9(2)12(17)7-11/h5-7,10,13H,4,8H2,1-3H3,(H,19,21)(H,18,20,22)/t10-,13-/m0/s1. The second kappa shape index (κ2) is 7.84. The Morgan fingerprint density at radius 3 is 2.91 bits per heavy atom. The van der Waals surface area contributed by atoms with Crippen molar-refractivity contribution in [2.24, 2.45) is 4.99 Å². The summed E-state index contributed by atoms with van der Waals surface area (Å²) in [5.41, 5.74) is 1.57. The second-order valence-electron chi connectivity index (χ2n) is 5.50. The Morgan fingerprint density at radius 2 is 2.26 bits per heavy atom. The zero-order valence-corrected chi connectivity index (χ0v) is 14.9. The van der Waals surface area contributed by atoms with Gasteiger partial charge in [0, 0.05) is 23.2 Å². The van der Waals surface area contributed by atoms with E-state index in [-0.39, 0.29) is 24.3 Å². The highest BCUT2D eigenvalue weighted by atomic mass is 35.5. The molecule has 124 valence electrons. The number of aryl methyl sites for hydroxylation is 1. The van der Waals surface area contributed by atoms with Crippen LogP contribution in [0.4, 0.5) is 5.69 Å². The van der Waals surface area contributed by atoms with Gasteiger partial charge in [-0.15, -0.1) is 0 Å². The summed E-state index contributed by atoms with van der Waals surface area (Å²) in [5.74, 6) is -0.392. The van der Waals surface area contributed by atoms with Gasteiger partial charge < -0.3 is 10.6 Å². The molecular weight excluding hydrogens is 334 g/mol. The smallest absolute Gasteiger partial charge is 0.240 e. The third-order valence-electron chi connectivity index (χ3n) is 3.53. The van der Waals surface area contributed by atoms with Gasteiger partial charge in [0.2, 0.25) is 11.8 Å². The lowest BCUT2D eigenvalue weighted by molar-refractivity contribution is -0.122. The van der Waals surface area contributed by atoms with Gasteiger partial charge in [-0.3, -0.25) is 14.6 Å². The maximum atomic E-state index is 12.1. The lowest BCUT2D eigenvalue weighted by atomic mass is 10.2. The highest BCUT2D eigenvalue weighted by molar-refractivity contribution is 8.15. The fourth-order valence-corrected chi connectivity index (χ4v) is 3.19. The van der Waals surface area contributed by atoms with E-state index in [2.05, 4.69) is 15.6 Å². The number of benzene rings is 1. The number of thioether (sulfide) groups is 1. The van der Waals surface area contributed by atoms with Crippen LogP contribution in [0.2, 0.25) is 5.02 Å². The van der Waals surface area contributed by atoms with Gasteiger partial charge in [0.25, 0.3) is 0 Å². The number of halogens is 1. The van der Waals surface area contributed by atoms with Gasteiger partial charge in [0.1, 0.15) is 5.25 Å². The van der Waals surface area contributed by atoms with Gasteiger partial charge >= 0.3 is 0 Å². The normalized spacial score (nSPS) is 20.4. The Hall–Kier alpha value is -1.53. The largest absolute Gasteiger partial charge is 0.326 e. The van der Waals surface area contributed by atoms with Crippen LogP contribution >= 0.6 is 23.4 Å². The predicted octanol–water partition coefficient (Wildman–Crippen LogP) is 3.36. The number of amides is 2. The minimum absolute atomic E-state index is 0.0987. The number of amidine groups is 1. The van der Waals surface area contributed by atoms with Crippen LogP contribution in [-0.4, -0.2) is 28.3 Å². The van der Waals surface area contributed by atoms with Crippen LogP contribution in [-0.2, 0) is 9.59 Å². The molecular formula is C16H20ClN3O2S. The number of carbonyl (C=O) groups excluding carboxylic acids is 2. The molecule has 0 aliphatic carbocycles. The highest BCUT2D eigenvalue weighted by Gasteiger charge is 2.32. The van der Waals surface area contributed by atoms with Crippen molar-refractivity contribution in [2.45, 2.75) is 44.9 Å². The van der Waals surface area contributed by atoms with Crippen molar-refractivity contribution in [3.05, 3.63) is 28.8 Å². The number of carbonyl (C=O) groups is 2. The molecule has 0 saturated carbocycles. The molecule has 0 radical (unpaired) electrons. The summed E-state index contributed by atoms with van der Waals surface area (Å²) in [7, 11) is 0. The SMILES string of the molecule is CC[C@H](C)N=C1NC(=O)[C@H](CC(=O)Nc2ccc(C)c(Cl)c2)S1. The number of nitrogens with zero attached hydrogens (tertiary/aromatic N) is 1. The number of nitrogens with one attached hydrogen (secondary N) is 2. The predicted molar refractivity (Wildman–Crippen MR) is 96.1 cm³/mol. The lowest BCUT2D eigenvalue weighted by Crippen LogP contribution is -2.28. The molecule has 7 heteroatoms. The first-order valence-corrected chi connectivity index (χ1v) is 8.76. The highest BCUT2D eigenvalue weighted by Crippen LogP contribution is 2.24. The van der Waals surface area contributed by atoms with Gasteiger partial charge in [-0.2, -0.15) is 0 Å². The summed E-state index contributed by atoms with van der Waals surface area (Å²) in [6.45, 7) is 5.92. The Morgan fingerprint density at radius 1 is 1.52 bits per heavy atom. The van der Waals surface area contributed by atoms with Crippen molar-refractivity contribution in [2.75, 3.05) is 5.32 Å². The second-order valence-corrected chi connectivity index (χ2v) is 7.10. The molecule has 2 rings (SSSR count). The fourth-order valence-electron chi connectivity index (χ4n) is 1.94. The molecule has 1 fully saturated rings. The minimum Gasteiger partial charge on any atom is -0.326 e. The van der Waals surface area contributed by atoms with E-state index >= 15 is 0 Å². The first-order chi connectivity index (χ1) is 10.9. The summed E-state index contributed by atoms with van der Waals surface area (Å²) in [6.07, 6.45) is 1.00. The summed E-state index contributed by atoms with van der Waals surface area (Å²) < 4.78 is 0. The molecule has 2 N–H and O–H groups in total. The maximum absolute atomic E-state index is 12.1. The van der Waals surface area contributed by atoms with Gasteiger partial charge in [-0.25, -0.2) is 0 Å². The van der Waals surface area contributed by atoms with Crippen LogP contribution in [0, 0.1) is 6.92 Å². The van der Waals surface area contributed by atoms with Crippen molar-refractivity contribution in [3.8, 4) is 0 Å². The Kier molecular flexibility index (Phi) is 6.07. The van der Waals surface area contributed by atoms with Crippen LogP contribution in [0.5, 0.6) is 0 Å². The van der Waals surface area contributed by atoms with Crippen LogP contribution in [0.15, 0.2) is 23.2 Å². The molecule has 0 bridgehead atoms. The molecule has 1 saturated heterocycles. The molecule has 1 aromatic rings. The third-order valence-corrected chi connectivity index (χ3v) is 5.03. The molecule has 2 atom stereocenters. The van der Waals surface area contributed by atoms with E-state index in [1.54, 1.807) is 12.1 Å². The van der Waals surface area contributed by atoms with Crippen LogP contribution < -0.4 is 10.6 Å². The van der Waals surface area contributed by atoms with Crippen LogP contribution in [0.1, 0.15) is 32.3 Å². The number of aliphatic imine (C=N–C) groups is 1. The van der Waals surface area contributed by atoms with Crippen molar-refractivity contribution < 1.29 is 9.59 Å². The summed E-state index contributed by atoms with van der Waals surface area (Å²) in [5, 5.41) is 6.24. The number of anilines is 1. The molecule has 1 aliphatic rings. The Bertz CT molecular complexity index is 648. The summed E-state index contributed by atoms with van der Waals surface area (Å²) >= 11 is 7.35. The first-order valence-electron chi connectivity index (χ1n) is 7.50. The van der Waals surface area contributed by atoms with E-state index in [1.165, 1.54) is 11.8 Å². The van der Waals surface area contributed by atoms with Gasteiger partial charge in [-0.05, 0) is 38.0 Å². The van der Waals surface area contributed by atoms with E-state index in [0.717, 1.165) is 12.0 Å². The maximum Gasteiger partial charge on any atom is 0.240 e. The zero-order chi connectivity index (χ0) is 17.0. The molecule has 0 unspecified atom stereocenters. The topological polar surface area (TPSA) is 70.6 Å². The Balaban J connectivity index is 1.94. The van der Waals surface area contributed by atoms with E-state index in [0.29, 0.717) is 15.9 Å². The van der Waals surface area contributed by atoms with Gasteiger partial charge in [-0.1, -0.05) is 36.4 Å². The molecule has 2 amide bonds. The molecule has 1 aromatic carbocycles. The van der Waals surface area contributed by atoms with E-state index in [4.69, 9.17) is 11.6 Å². The number of hydrogen-bond donors (Lipinski definition) is 2. The molecule has 5 nitrogen and oxygen atoms in total. The quantitative estimate of drug-likeness (QED) is 0.852. The fraction of sp³-hybridized carbons (Fsp3) is 0.438. The average molecular weight is 354 g/mol. The Labute approximate surface area is 145 Å². The van der Waals surface area contributed by atoms with Crippen molar-refractivity contribution in [1.82, 2.24) is 5.32 Å². The van der Waals surface area contributed by atoms with Crippen LogP contribution in [0.25, 0.3) is 0 Å². The van der Waals surface area contributed by atoms with Crippen molar-refractivity contribution >= 4 is 46.0 Å². The average Bonchev–Trinajstić information content (AvgIpc) is 2.82. The number of rotatable bonds is 5. The molecule has 1 heterocycles. The first kappa shape index (κ1) is 17.8. The van der Waals surface area contributed by atoms with Gasteiger partial charge in [0.05, 0.1) is 0 Å². The monoisotopic (exact) mass is 353 g/mol. The zero-order valence-electron chi connectivity index (χ0n) is 13.4. The van der Waals surface area contributed by atoms with Crippen molar-refractivity contribution in [3.63, 3.8) is 0 Å². The minimum atomic E-state index is -0.446. The third kappa shape index (κ3) is 4.97. The van der Waals surface area contributed by atoms with E-state index in [1.807, 2.05) is 26.8 Å². The van der Waals surface area contributed by atoms with Gasteiger partial charge in [0.15, 0.2) is 5.17 Å². The summed E-state index contributed by atoms with van der Waals surface area (Å²) in [4.78, 5) is 28.4. The van der Waals surface area contributed by atoms with Crippen LogP contribution in [0.3, 0.4) is 0 Å². The number of hydrogen-bond acceptors (Lipinski definition) is 4. The molecule has 23 heavy (non-hydrogen) atoms. The van der Waals surface area contributed by atoms with E-state index in [9.17, 15) is 9.59 Å². The lowest BCUT2D eigenvalue weighted by Gasteiger charge is -2.08.